The molecule has 3 aliphatic heterocycles. The van der Waals surface area contributed by atoms with Crippen LogP contribution in [-0.4, -0.2) is 90.9 Å². The van der Waals surface area contributed by atoms with Gasteiger partial charge in [-0.15, -0.1) is 0 Å². The number of nitrogens with zero attached hydrogens (tertiary/aromatic N) is 4. The molecule has 3 aromatic rings. The number of anilines is 4. The summed E-state index contributed by atoms with van der Waals surface area (Å²) in [6.07, 6.45) is 13.0. The van der Waals surface area contributed by atoms with Crippen LogP contribution >= 0.6 is 0 Å². The van der Waals surface area contributed by atoms with Gasteiger partial charge in [0.25, 0.3) is 0 Å². The molecule has 6 rings (SSSR count). The molecule has 5 unspecified atom stereocenters. The molecule has 0 amide bonds. The Morgan fingerprint density at radius 3 is 2.40 bits per heavy atom. The number of hydrogen-bond acceptors (Lipinski definition) is 12. The van der Waals surface area contributed by atoms with Gasteiger partial charge in [0, 0.05) is 82.0 Å². The van der Waals surface area contributed by atoms with Gasteiger partial charge in [-0.3, -0.25) is 4.98 Å². The molecule has 254 valence electrons. The Morgan fingerprint density at radius 1 is 0.851 bits per heavy atom. The van der Waals surface area contributed by atoms with Gasteiger partial charge in [-0.2, -0.15) is 0 Å². The van der Waals surface area contributed by atoms with Crippen molar-refractivity contribution >= 4 is 23.0 Å². The van der Waals surface area contributed by atoms with Crippen LogP contribution in [0.25, 0.3) is 0 Å². The second-order valence-corrected chi connectivity index (χ2v) is 12.9. The van der Waals surface area contributed by atoms with Gasteiger partial charge in [-0.25, -0.2) is 15.0 Å². The highest BCUT2D eigenvalue weighted by Crippen LogP contribution is 2.30. The quantitative estimate of drug-likeness (QED) is 0.193. The molecule has 5 heterocycles. The van der Waals surface area contributed by atoms with Gasteiger partial charge < -0.3 is 40.2 Å². The summed E-state index contributed by atoms with van der Waals surface area (Å²) in [6, 6.07) is 9.07. The van der Waals surface area contributed by atoms with E-state index in [0.29, 0.717) is 25.1 Å². The molecular formula is C35H50N8O4. The first kappa shape index (κ1) is 33.2. The van der Waals surface area contributed by atoms with Crippen molar-refractivity contribution in [3.63, 3.8) is 0 Å². The average molecular weight is 647 g/mol. The Kier molecular flexibility index (Phi) is 11.6. The summed E-state index contributed by atoms with van der Waals surface area (Å²) in [4.78, 5) is 18.8. The van der Waals surface area contributed by atoms with Crippen LogP contribution in [0.15, 0.2) is 42.9 Å². The molecule has 0 spiro atoms. The minimum atomic E-state index is 0.0564. The van der Waals surface area contributed by atoms with E-state index in [1.807, 2.05) is 37.8 Å². The lowest BCUT2D eigenvalue weighted by molar-refractivity contribution is 0.00282. The van der Waals surface area contributed by atoms with Crippen LogP contribution < -0.4 is 26.0 Å². The molecule has 47 heavy (non-hydrogen) atoms. The smallest absolute Gasteiger partial charge is 0.145 e. The highest BCUT2D eigenvalue weighted by molar-refractivity contribution is 5.64. The van der Waals surface area contributed by atoms with Crippen molar-refractivity contribution in [3.8, 4) is 5.75 Å². The Bertz CT molecular complexity index is 1420. The number of rotatable bonds is 13. The fourth-order valence-corrected chi connectivity index (χ4v) is 6.80. The first-order chi connectivity index (χ1) is 23.0. The van der Waals surface area contributed by atoms with Crippen molar-refractivity contribution in [1.29, 1.82) is 0 Å². The maximum atomic E-state index is 6.21. The van der Waals surface area contributed by atoms with Gasteiger partial charge in [0.05, 0.1) is 36.9 Å². The van der Waals surface area contributed by atoms with Crippen LogP contribution in [0.3, 0.4) is 0 Å². The van der Waals surface area contributed by atoms with E-state index in [1.165, 1.54) is 0 Å². The Labute approximate surface area is 278 Å². The molecular weight excluding hydrogens is 596 g/mol. The number of benzene rings is 1. The lowest BCUT2D eigenvalue weighted by atomic mass is 9.93. The summed E-state index contributed by atoms with van der Waals surface area (Å²) >= 11 is 0. The first-order valence-corrected chi connectivity index (χ1v) is 17.1. The Hall–Kier alpha value is -3.74. The van der Waals surface area contributed by atoms with E-state index >= 15 is 0 Å². The van der Waals surface area contributed by atoms with E-state index in [1.54, 1.807) is 7.11 Å². The molecule has 3 saturated heterocycles. The number of methoxy groups -OCH3 is 1. The molecule has 0 bridgehead atoms. The number of aromatic nitrogens is 4. The topological polar surface area (TPSA) is 137 Å². The molecule has 3 aliphatic rings. The second-order valence-electron chi connectivity index (χ2n) is 12.9. The van der Waals surface area contributed by atoms with Crippen molar-refractivity contribution in [2.24, 2.45) is 0 Å². The molecule has 5 atom stereocenters. The van der Waals surface area contributed by atoms with Gasteiger partial charge in [0.1, 0.15) is 23.2 Å². The lowest BCUT2D eigenvalue weighted by Gasteiger charge is -2.32. The Balaban J connectivity index is 0.985. The molecule has 1 aromatic carbocycles. The predicted octanol–water partition coefficient (Wildman–Crippen LogP) is 5.26. The highest BCUT2D eigenvalue weighted by atomic mass is 16.5. The van der Waals surface area contributed by atoms with Crippen LogP contribution in [0, 0.1) is 0 Å². The summed E-state index contributed by atoms with van der Waals surface area (Å²) in [5.74, 6) is 3.56. The minimum Gasteiger partial charge on any atom is -0.495 e. The minimum absolute atomic E-state index is 0.0564. The zero-order valence-electron chi connectivity index (χ0n) is 27.9. The standard InChI is InChI=1S/C35H50N8O4/c1-23(31-21-37-22-35(42-31)40-24-7-12-45-13-8-24)16-28-18-27(10-15-46-28)41-33-6-11-38-34(43-33)20-29-17-26(9-14-47-29)39-25-4-5-32(44-3)30(19-25)36-2/h4-6,11,19,21-24,26-29,36,39H,7-10,12-18,20H2,1-3H3,(H,40,42)(H,38,41,43). The van der Waals surface area contributed by atoms with Gasteiger partial charge >= 0.3 is 0 Å². The number of hydrogen-bond donors (Lipinski definition) is 4. The zero-order valence-corrected chi connectivity index (χ0v) is 27.9. The molecule has 4 N–H and O–H groups in total. The Morgan fingerprint density at radius 2 is 1.60 bits per heavy atom. The molecule has 0 aliphatic carbocycles. The molecule has 12 nitrogen and oxygen atoms in total. The molecule has 3 fully saturated rings. The SMILES string of the molecule is CNc1cc(NC2CCOC(Cc3nccc(NC4CCOC(CC(C)c5cncc(NC6CCOCC6)n5)C4)n3)C2)ccc1OC. The van der Waals surface area contributed by atoms with E-state index in [0.717, 1.165) is 105 Å². The monoisotopic (exact) mass is 646 g/mol. The third-order valence-corrected chi connectivity index (χ3v) is 9.39. The van der Waals surface area contributed by atoms with Crippen LogP contribution in [0.2, 0.25) is 0 Å². The summed E-state index contributed by atoms with van der Waals surface area (Å²) in [6.45, 7) is 5.23. The van der Waals surface area contributed by atoms with Crippen LogP contribution in [0.1, 0.15) is 69.3 Å². The predicted molar refractivity (Wildman–Crippen MR) is 184 cm³/mol. The largest absolute Gasteiger partial charge is 0.495 e. The van der Waals surface area contributed by atoms with Crippen LogP contribution in [-0.2, 0) is 20.6 Å². The fourth-order valence-electron chi connectivity index (χ4n) is 6.80. The van der Waals surface area contributed by atoms with E-state index in [9.17, 15) is 0 Å². The number of nitrogens with one attached hydrogen (secondary N) is 4. The second kappa shape index (κ2) is 16.4. The van der Waals surface area contributed by atoms with E-state index < -0.39 is 0 Å². The summed E-state index contributed by atoms with van der Waals surface area (Å²) in [5.41, 5.74) is 3.02. The zero-order chi connectivity index (χ0) is 32.4. The lowest BCUT2D eigenvalue weighted by Crippen LogP contribution is -2.36. The summed E-state index contributed by atoms with van der Waals surface area (Å²) < 4.78 is 23.3. The number of ether oxygens (including phenoxy) is 4. The molecule has 0 saturated carbocycles. The van der Waals surface area contributed by atoms with Crippen molar-refractivity contribution in [3.05, 3.63) is 54.4 Å². The fraction of sp³-hybridized carbons (Fsp3) is 0.600. The van der Waals surface area contributed by atoms with Crippen LogP contribution in [0.5, 0.6) is 5.75 Å². The van der Waals surface area contributed by atoms with E-state index in [4.69, 9.17) is 28.9 Å². The van der Waals surface area contributed by atoms with Gasteiger partial charge in [0.2, 0.25) is 0 Å². The summed E-state index contributed by atoms with van der Waals surface area (Å²) in [7, 11) is 3.59. The van der Waals surface area contributed by atoms with Crippen LogP contribution in [0.4, 0.5) is 23.0 Å². The highest BCUT2D eigenvalue weighted by Gasteiger charge is 2.27. The molecule has 12 heteroatoms. The molecule has 0 radical (unpaired) electrons. The van der Waals surface area contributed by atoms with Gasteiger partial charge in [-0.05, 0) is 69.2 Å². The van der Waals surface area contributed by atoms with E-state index in [2.05, 4.69) is 50.3 Å². The van der Waals surface area contributed by atoms with Crippen molar-refractivity contribution in [2.75, 3.05) is 61.9 Å². The van der Waals surface area contributed by atoms with E-state index in [-0.39, 0.29) is 24.2 Å². The molecule has 2 aromatic heterocycles. The van der Waals surface area contributed by atoms with Crippen molar-refractivity contribution < 1.29 is 18.9 Å². The van der Waals surface area contributed by atoms with Crippen molar-refractivity contribution in [1.82, 2.24) is 19.9 Å². The maximum Gasteiger partial charge on any atom is 0.145 e. The van der Waals surface area contributed by atoms with Gasteiger partial charge in [0.15, 0.2) is 0 Å². The van der Waals surface area contributed by atoms with Crippen molar-refractivity contribution in [2.45, 2.75) is 94.5 Å². The average Bonchev–Trinajstić information content (AvgIpc) is 3.09. The maximum absolute atomic E-state index is 6.21. The summed E-state index contributed by atoms with van der Waals surface area (Å²) in [5, 5.41) is 14.1. The first-order valence-electron chi connectivity index (χ1n) is 17.1. The van der Waals surface area contributed by atoms with Gasteiger partial charge in [-0.1, -0.05) is 6.92 Å². The third-order valence-electron chi connectivity index (χ3n) is 9.39. The normalized spacial score (nSPS) is 24.2. The third kappa shape index (κ3) is 9.42.